The van der Waals surface area contributed by atoms with Crippen LogP contribution in [0.4, 0.5) is 11.4 Å². The Morgan fingerprint density at radius 3 is 2.72 bits per heavy atom. The summed E-state index contributed by atoms with van der Waals surface area (Å²) in [6.45, 7) is 5.11. The van der Waals surface area contributed by atoms with Gasteiger partial charge in [-0.2, -0.15) is 0 Å². The zero-order chi connectivity index (χ0) is 13.5. The largest absolute Gasteiger partial charge is 0.379 e. The summed E-state index contributed by atoms with van der Waals surface area (Å²) in [5, 5.41) is 14.2. The Balaban J connectivity index is 2.52. The molecule has 4 nitrogen and oxygen atoms in total. The van der Waals surface area contributed by atoms with Gasteiger partial charge in [0.05, 0.1) is 4.92 Å². The number of nitrogens with one attached hydrogen (secondary N) is 1. The standard InChI is InChI=1S/C13H19ClN2O2/c1-10(2)6-3-4-9-15-12-8-5-7-11(14)13(12)16(17)18/h5,7-8,10,15H,3-4,6,9H2,1-2H3. The number of anilines is 1. The van der Waals surface area contributed by atoms with Gasteiger partial charge in [-0.15, -0.1) is 0 Å². The van der Waals surface area contributed by atoms with Crippen molar-refractivity contribution < 1.29 is 4.92 Å². The average Bonchev–Trinajstić information content (AvgIpc) is 2.27. The lowest BCUT2D eigenvalue weighted by molar-refractivity contribution is -0.383. The first kappa shape index (κ1) is 14.8. The number of nitro groups is 1. The molecule has 1 aromatic carbocycles. The maximum Gasteiger partial charge on any atom is 0.310 e. The molecule has 0 atom stereocenters. The lowest BCUT2D eigenvalue weighted by atomic mass is 10.1. The maximum absolute atomic E-state index is 10.9. The Morgan fingerprint density at radius 1 is 1.39 bits per heavy atom. The predicted molar refractivity (Wildman–Crippen MR) is 75.3 cm³/mol. The molecule has 0 aromatic heterocycles. The van der Waals surface area contributed by atoms with E-state index >= 15 is 0 Å². The maximum atomic E-state index is 10.9. The highest BCUT2D eigenvalue weighted by Gasteiger charge is 2.17. The Morgan fingerprint density at radius 2 is 2.11 bits per heavy atom. The summed E-state index contributed by atoms with van der Waals surface area (Å²) in [7, 11) is 0. The zero-order valence-corrected chi connectivity index (χ0v) is 11.5. The number of nitrogens with zero attached hydrogens (tertiary/aromatic N) is 1. The number of hydrogen-bond acceptors (Lipinski definition) is 3. The second-order valence-electron chi connectivity index (χ2n) is 4.71. The third-order valence-corrected chi connectivity index (χ3v) is 3.00. The summed E-state index contributed by atoms with van der Waals surface area (Å²) in [5.41, 5.74) is 0.458. The number of rotatable bonds is 7. The van der Waals surface area contributed by atoms with Crippen LogP contribution in [0.3, 0.4) is 0 Å². The first-order valence-electron chi connectivity index (χ1n) is 6.19. The molecule has 0 saturated heterocycles. The minimum atomic E-state index is -0.446. The summed E-state index contributed by atoms with van der Waals surface area (Å²) in [6.07, 6.45) is 3.31. The molecule has 0 spiro atoms. The molecule has 1 aromatic rings. The first-order valence-corrected chi connectivity index (χ1v) is 6.57. The highest BCUT2D eigenvalue weighted by atomic mass is 35.5. The van der Waals surface area contributed by atoms with Crippen molar-refractivity contribution in [2.75, 3.05) is 11.9 Å². The number of unbranched alkanes of at least 4 members (excludes halogenated alkanes) is 1. The molecule has 0 saturated carbocycles. The van der Waals surface area contributed by atoms with Crippen LogP contribution >= 0.6 is 11.6 Å². The van der Waals surface area contributed by atoms with Crippen LogP contribution in [0.25, 0.3) is 0 Å². The normalized spacial score (nSPS) is 10.7. The number of hydrogen-bond donors (Lipinski definition) is 1. The molecule has 0 unspecified atom stereocenters. The molecule has 0 aliphatic carbocycles. The van der Waals surface area contributed by atoms with Gasteiger partial charge in [0.15, 0.2) is 0 Å². The van der Waals surface area contributed by atoms with Crippen molar-refractivity contribution in [3.05, 3.63) is 33.3 Å². The van der Waals surface area contributed by atoms with E-state index < -0.39 is 4.92 Å². The molecule has 1 rings (SSSR count). The number of benzene rings is 1. The predicted octanol–water partition coefficient (Wildman–Crippen LogP) is 4.49. The van der Waals surface area contributed by atoms with Crippen molar-refractivity contribution in [1.82, 2.24) is 0 Å². The summed E-state index contributed by atoms with van der Waals surface area (Å²) < 4.78 is 0. The monoisotopic (exact) mass is 270 g/mol. The lowest BCUT2D eigenvalue weighted by Crippen LogP contribution is -2.05. The van der Waals surface area contributed by atoms with Crippen molar-refractivity contribution in [3.63, 3.8) is 0 Å². The first-order chi connectivity index (χ1) is 8.52. The van der Waals surface area contributed by atoms with Crippen molar-refractivity contribution in [2.24, 2.45) is 5.92 Å². The third-order valence-electron chi connectivity index (χ3n) is 2.69. The van der Waals surface area contributed by atoms with Gasteiger partial charge in [0.25, 0.3) is 0 Å². The highest BCUT2D eigenvalue weighted by molar-refractivity contribution is 6.33. The van der Waals surface area contributed by atoms with E-state index in [0.29, 0.717) is 11.6 Å². The molecule has 18 heavy (non-hydrogen) atoms. The van der Waals surface area contributed by atoms with Crippen molar-refractivity contribution in [3.8, 4) is 0 Å². The molecule has 100 valence electrons. The van der Waals surface area contributed by atoms with Gasteiger partial charge in [-0.05, 0) is 24.5 Å². The molecule has 0 aliphatic rings. The fraction of sp³-hybridized carbons (Fsp3) is 0.538. The Bertz CT molecular complexity index is 408. The van der Waals surface area contributed by atoms with Crippen LogP contribution in [0, 0.1) is 16.0 Å². The van der Waals surface area contributed by atoms with Crippen LogP contribution in [0.15, 0.2) is 18.2 Å². The van der Waals surface area contributed by atoms with Crippen molar-refractivity contribution >= 4 is 23.0 Å². The molecule has 0 heterocycles. The van der Waals surface area contributed by atoms with Gasteiger partial charge in [-0.1, -0.05) is 44.4 Å². The van der Waals surface area contributed by atoms with Crippen LogP contribution in [0.2, 0.25) is 5.02 Å². The molecule has 0 radical (unpaired) electrons. The van der Waals surface area contributed by atoms with Gasteiger partial charge >= 0.3 is 5.69 Å². The van der Waals surface area contributed by atoms with Gasteiger partial charge in [0.1, 0.15) is 10.7 Å². The second kappa shape index (κ2) is 7.21. The van der Waals surface area contributed by atoms with E-state index in [4.69, 9.17) is 11.6 Å². The van der Waals surface area contributed by atoms with Crippen LogP contribution in [0.1, 0.15) is 33.1 Å². The highest BCUT2D eigenvalue weighted by Crippen LogP contribution is 2.32. The van der Waals surface area contributed by atoms with E-state index in [9.17, 15) is 10.1 Å². The van der Waals surface area contributed by atoms with Crippen LogP contribution in [0.5, 0.6) is 0 Å². The number of halogens is 1. The molecule has 0 bridgehead atoms. The van der Waals surface area contributed by atoms with Gasteiger partial charge in [-0.3, -0.25) is 10.1 Å². The molecule has 0 amide bonds. The van der Waals surface area contributed by atoms with Crippen molar-refractivity contribution in [2.45, 2.75) is 33.1 Å². The summed E-state index contributed by atoms with van der Waals surface area (Å²) >= 11 is 5.82. The van der Waals surface area contributed by atoms with Crippen LogP contribution in [-0.4, -0.2) is 11.5 Å². The number of para-hydroxylation sites is 1. The van der Waals surface area contributed by atoms with E-state index in [1.165, 1.54) is 12.5 Å². The topological polar surface area (TPSA) is 55.2 Å². The van der Waals surface area contributed by atoms with E-state index in [1.54, 1.807) is 12.1 Å². The summed E-state index contributed by atoms with van der Waals surface area (Å²) in [5.74, 6) is 0.700. The van der Waals surface area contributed by atoms with Gasteiger partial charge < -0.3 is 5.32 Å². The fourth-order valence-corrected chi connectivity index (χ4v) is 1.99. The van der Waals surface area contributed by atoms with Gasteiger partial charge in [0, 0.05) is 6.54 Å². The van der Waals surface area contributed by atoms with E-state index in [2.05, 4.69) is 19.2 Å². The van der Waals surface area contributed by atoms with E-state index in [-0.39, 0.29) is 10.7 Å². The van der Waals surface area contributed by atoms with Crippen molar-refractivity contribution in [1.29, 1.82) is 0 Å². The van der Waals surface area contributed by atoms with Gasteiger partial charge in [-0.25, -0.2) is 0 Å². The molecule has 1 N–H and O–H groups in total. The van der Waals surface area contributed by atoms with Crippen LogP contribution < -0.4 is 5.32 Å². The Hall–Kier alpha value is -1.29. The minimum Gasteiger partial charge on any atom is -0.379 e. The molecular formula is C13H19ClN2O2. The third kappa shape index (κ3) is 4.53. The molecule has 0 fully saturated rings. The SMILES string of the molecule is CC(C)CCCCNc1cccc(Cl)c1[N+](=O)[O-]. The van der Waals surface area contributed by atoms with E-state index in [0.717, 1.165) is 19.4 Å². The van der Waals surface area contributed by atoms with Crippen LogP contribution in [-0.2, 0) is 0 Å². The molecule has 0 aliphatic heterocycles. The second-order valence-corrected chi connectivity index (χ2v) is 5.12. The number of nitro benzene ring substituents is 1. The van der Waals surface area contributed by atoms with Gasteiger partial charge in [0.2, 0.25) is 0 Å². The summed E-state index contributed by atoms with van der Waals surface area (Å²) in [4.78, 5) is 10.5. The summed E-state index contributed by atoms with van der Waals surface area (Å²) in [6, 6.07) is 4.93. The zero-order valence-electron chi connectivity index (χ0n) is 10.8. The smallest absolute Gasteiger partial charge is 0.310 e. The fourth-order valence-electron chi connectivity index (χ4n) is 1.74. The quantitative estimate of drug-likeness (QED) is 0.451. The minimum absolute atomic E-state index is 0.0389. The van der Waals surface area contributed by atoms with E-state index in [1.807, 2.05) is 0 Å². The molecular weight excluding hydrogens is 252 g/mol. The Kier molecular flexibility index (Phi) is 5.92. The lowest BCUT2D eigenvalue weighted by Gasteiger charge is -2.08. The average molecular weight is 271 g/mol. The Labute approximate surface area is 112 Å². The molecule has 5 heteroatoms.